The number of hydrogen-bond donors (Lipinski definition) is 3. The number of carboxylic acids is 2. The Balaban J connectivity index is 1.64. The van der Waals surface area contributed by atoms with Crippen LogP contribution >= 0.6 is 23.5 Å². The van der Waals surface area contributed by atoms with Gasteiger partial charge in [0.15, 0.2) is 0 Å². The molecule has 9 heteroatoms. The summed E-state index contributed by atoms with van der Waals surface area (Å²) in [5, 5.41) is 22.1. The van der Waals surface area contributed by atoms with Crippen LogP contribution in [0.15, 0.2) is 30.3 Å². The SMILES string of the molecule is C[C@H](N[C@H](CCc1ccccc1)C(=O)O)C(=O)N1CC2(C[C@H]1C(=O)O)SCCS2. The van der Waals surface area contributed by atoms with Gasteiger partial charge >= 0.3 is 11.9 Å². The molecule has 3 rings (SSSR count). The van der Waals surface area contributed by atoms with Gasteiger partial charge in [-0.05, 0) is 25.3 Å². The lowest BCUT2D eigenvalue weighted by Gasteiger charge is -2.28. The molecule has 1 spiro atoms. The second-order valence-electron chi connectivity index (χ2n) is 7.44. The fourth-order valence-corrected chi connectivity index (χ4v) is 7.11. The molecular weight excluding hydrogens is 412 g/mol. The summed E-state index contributed by atoms with van der Waals surface area (Å²) in [4.78, 5) is 37.9. The van der Waals surface area contributed by atoms with Crippen LogP contribution < -0.4 is 5.32 Å². The lowest BCUT2D eigenvalue weighted by atomic mass is 10.0. The zero-order chi connectivity index (χ0) is 21.0. The summed E-state index contributed by atoms with van der Waals surface area (Å²) in [7, 11) is 0. The normalized spacial score (nSPS) is 22.5. The lowest BCUT2D eigenvalue weighted by molar-refractivity contribution is -0.149. The second-order valence-corrected chi connectivity index (χ2v) is 10.7. The molecule has 2 aliphatic rings. The minimum Gasteiger partial charge on any atom is -0.480 e. The van der Waals surface area contributed by atoms with Crippen LogP contribution in [-0.4, -0.2) is 73.2 Å². The average Bonchev–Trinajstić information content (AvgIpc) is 3.32. The summed E-state index contributed by atoms with van der Waals surface area (Å²) < 4.78 is -0.252. The van der Waals surface area contributed by atoms with Gasteiger partial charge < -0.3 is 15.1 Å². The molecule has 0 aliphatic carbocycles. The highest BCUT2D eigenvalue weighted by molar-refractivity contribution is 8.21. The number of thioether (sulfide) groups is 2. The number of aryl methyl sites for hydroxylation is 1. The van der Waals surface area contributed by atoms with Gasteiger partial charge in [0.2, 0.25) is 5.91 Å². The first-order valence-electron chi connectivity index (χ1n) is 9.65. The Morgan fingerprint density at radius 2 is 1.86 bits per heavy atom. The van der Waals surface area contributed by atoms with Gasteiger partial charge in [0.05, 0.1) is 10.1 Å². The van der Waals surface area contributed by atoms with Gasteiger partial charge in [-0.25, -0.2) is 4.79 Å². The van der Waals surface area contributed by atoms with E-state index in [-0.39, 0.29) is 9.99 Å². The van der Waals surface area contributed by atoms with Crippen LogP contribution in [0.4, 0.5) is 0 Å². The predicted octanol–water partition coefficient (Wildman–Crippen LogP) is 1.91. The number of amides is 1. The Hall–Kier alpha value is -1.71. The van der Waals surface area contributed by atoms with Gasteiger partial charge in [0, 0.05) is 24.5 Å². The monoisotopic (exact) mass is 438 g/mol. The van der Waals surface area contributed by atoms with Crippen LogP contribution in [0.5, 0.6) is 0 Å². The van der Waals surface area contributed by atoms with E-state index >= 15 is 0 Å². The summed E-state index contributed by atoms with van der Waals surface area (Å²) in [5.41, 5.74) is 1.03. The Morgan fingerprint density at radius 3 is 2.45 bits per heavy atom. The maximum atomic E-state index is 13.0. The van der Waals surface area contributed by atoms with Crippen molar-refractivity contribution in [2.45, 2.75) is 48.4 Å². The van der Waals surface area contributed by atoms with Crippen molar-refractivity contribution in [3.05, 3.63) is 35.9 Å². The fourth-order valence-electron chi connectivity index (χ4n) is 3.85. The zero-order valence-electron chi connectivity index (χ0n) is 16.2. The molecule has 3 N–H and O–H groups in total. The number of aliphatic carboxylic acids is 2. The Morgan fingerprint density at radius 1 is 1.21 bits per heavy atom. The van der Waals surface area contributed by atoms with E-state index in [0.717, 1.165) is 17.1 Å². The third-order valence-electron chi connectivity index (χ3n) is 5.36. The molecule has 0 unspecified atom stereocenters. The molecule has 158 valence electrons. The third kappa shape index (κ3) is 5.26. The van der Waals surface area contributed by atoms with Crippen molar-refractivity contribution in [3.63, 3.8) is 0 Å². The maximum Gasteiger partial charge on any atom is 0.326 e. The summed E-state index contributed by atoms with van der Waals surface area (Å²) in [5.74, 6) is -0.473. The molecule has 2 saturated heterocycles. The molecule has 29 heavy (non-hydrogen) atoms. The maximum absolute atomic E-state index is 13.0. The van der Waals surface area contributed by atoms with Crippen LogP contribution in [0, 0.1) is 0 Å². The van der Waals surface area contributed by atoms with Gasteiger partial charge in [-0.2, -0.15) is 0 Å². The van der Waals surface area contributed by atoms with E-state index in [1.807, 2.05) is 30.3 Å². The van der Waals surface area contributed by atoms with E-state index in [0.29, 0.717) is 25.8 Å². The topological polar surface area (TPSA) is 107 Å². The van der Waals surface area contributed by atoms with E-state index in [2.05, 4.69) is 5.32 Å². The quantitative estimate of drug-likeness (QED) is 0.565. The highest BCUT2D eigenvalue weighted by Gasteiger charge is 2.52. The number of carbonyl (C=O) groups excluding carboxylic acids is 1. The van der Waals surface area contributed by atoms with E-state index in [1.165, 1.54) is 4.90 Å². The summed E-state index contributed by atoms with van der Waals surface area (Å²) >= 11 is 3.44. The molecule has 1 aromatic rings. The van der Waals surface area contributed by atoms with Crippen LogP contribution in [-0.2, 0) is 20.8 Å². The smallest absolute Gasteiger partial charge is 0.326 e. The number of nitrogens with zero attached hydrogens (tertiary/aromatic N) is 1. The average molecular weight is 439 g/mol. The van der Waals surface area contributed by atoms with Crippen molar-refractivity contribution in [1.29, 1.82) is 0 Å². The standard InChI is InChI=1S/C20H26N2O5S2/c1-13(21-15(18(24)25)8-7-14-5-3-2-4-6-14)17(23)22-12-20(28-9-10-29-20)11-16(22)19(26)27/h2-6,13,15-16,21H,7-12H2,1H3,(H,24,25)(H,26,27)/t13-,15+,16-/m0/s1. The number of benzene rings is 1. The van der Waals surface area contributed by atoms with Gasteiger partial charge in [0.1, 0.15) is 12.1 Å². The Bertz CT molecular complexity index is 754. The van der Waals surface area contributed by atoms with Gasteiger partial charge in [-0.1, -0.05) is 30.3 Å². The van der Waals surface area contributed by atoms with Gasteiger partial charge in [-0.3, -0.25) is 14.9 Å². The summed E-state index contributed by atoms with van der Waals surface area (Å²) in [6.45, 7) is 1.99. The number of likely N-dealkylation sites (tertiary alicyclic amines) is 1. The number of carboxylic acid groups (broad SMARTS) is 2. The molecule has 0 saturated carbocycles. The molecule has 0 radical (unpaired) electrons. The predicted molar refractivity (Wildman–Crippen MR) is 114 cm³/mol. The largest absolute Gasteiger partial charge is 0.480 e. The molecule has 0 aromatic heterocycles. The first-order chi connectivity index (χ1) is 13.8. The molecule has 2 heterocycles. The summed E-state index contributed by atoms with van der Waals surface area (Å²) in [6.07, 6.45) is 1.34. The van der Waals surface area contributed by atoms with Crippen LogP contribution in [0.25, 0.3) is 0 Å². The molecule has 0 bridgehead atoms. The third-order valence-corrected chi connectivity index (χ3v) is 8.78. The number of hydrogen-bond acceptors (Lipinski definition) is 6. The van der Waals surface area contributed by atoms with E-state index in [1.54, 1.807) is 30.4 Å². The molecular formula is C20H26N2O5S2. The van der Waals surface area contributed by atoms with E-state index in [9.17, 15) is 24.6 Å². The number of carbonyl (C=O) groups is 3. The summed E-state index contributed by atoms with van der Waals surface area (Å²) in [6, 6.07) is 7.05. The van der Waals surface area contributed by atoms with Gasteiger partial charge in [0.25, 0.3) is 0 Å². The first-order valence-corrected chi connectivity index (χ1v) is 11.6. The molecule has 2 aliphatic heterocycles. The van der Waals surface area contributed by atoms with Crippen LogP contribution in [0.1, 0.15) is 25.3 Å². The van der Waals surface area contributed by atoms with Crippen molar-refractivity contribution < 1.29 is 24.6 Å². The van der Waals surface area contributed by atoms with Crippen molar-refractivity contribution in [1.82, 2.24) is 10.2 Å². The molecule has 2 fully saturated rings. The Kier molecular flexibility index (Phi) is 7.13. The van der Waals surface area contributed by atoms with Crippen molar-refractivity contribution in [3.8, 4) is 0 Å². The van der Waals surface area contributed by atoms with Crippen LogP contribution in [0.3, 0.4) is 0 Å². The molecule has 1 amide bonds. The van der Waals surface area contributed by atoms with E-state index < -0.39 is 30.1 Å². The van der Waals surface area contributed by atoms with Crippen LogP contribution in [0.2, 0.25) is 0 Å². The van der Waals surface area contributed by atoms with Crippen molar-refractivity contribution >= 4 is 41.4 Å². The zero-order valence-corrected chi connectivity index (χ0v) is 17.9. The van der Waals surface area contributed by atoms with Crippen molar-refractivity contribution in [2.75, 3.05) is 18.1 Å². The minimum absolute atomic E-state index is 0.252. The first kappa shape index (κ1) is 22.0. The lowest BCUT2D eigenvalue weighted by Crippen LogP contribution is -2.53. The Labute approximate surface area is 178 Å². The highest BCUT2D eigenvalue weighted by Crippen LogP contribution is 2.51. The number of nitrogens with one attached hydrogen (secondary N) is 1. The highest BCUT2D eigenvalue weighted by atomic mass is 32.2. The molecule has 7 nitrogen and oxygen atoms in total. The van der Waals surface area contributed by atoms with Crippen molar-refractivity contribution in [2.24, 2.45) is 0 Å². The molecule has 3 atom stereocenters. The minimum atomic E-state index is -1.02. The fraction of sp³-hybridized carbons (Fsp3) is 0.550. The van der Waals surface area contributed by atoms with E-state index in [4.69, 9.17) is 0 Å². The number of rotatable bonds is 8. The molecule has 1 aromatic carbocycles. The second kappa shape index (κ2) is 9.40. The van der Waals surface area contributed by atoms with Gasteiger partial charge in [-0.15, -0.1) is 23.5 Å².